The van der Waals surface area contributed by atoms with Gasteiger partial charge in [-0.2, -0.15) is 0 Å². The van der Waals surface area contributed by atoms with Crippen LogP contribution in [0.15, 0.2) is 54.6 Å². The van der Waals surface area contributed by atoms with E-state index in [2.05, 4.69) is 43.3 Å². The van der Waals surface area contributed by atoms with E-state index in [-0.39, 0.29) is 11.8 Å². The molecule has 0 unspecified atom stereocenters. The molecule has 0 spiro atoms. The van der Waals surface area contributed by atoms with Crippen molar-refractivity contribution in [3.63, 3.8) is 0 Å². The Morgan fingerprint density at radius 2 is 1.88 bits per heavy atom. The van der Waals surface area contributed by atoms with Crippen LogP contribution in [0.4, 0.5) is 4.39 Å². The van der Waals surface area contributed by atoms with Gasteiger partial charge in [-0.05, 0) is 71.3 Å². The molecule has 0 bridgehead atoms. The van der Waals surface area contributed by atoms with E-state index in [9.17, 15) is 9.18 Å². The minimum Gasteiger partial charge on any atom is -0.466 e. The standard InChI is InChI=1S/C29H35FO2/c1-3-27-25(19-32-20(2)31)17-24-7-4-5-10-28(24)29(27)16-13-21-11-14-22(15-12-21)23-8-6-9-26(30)18-23/h6,8-9,11-16,18,24-25,27-29H,3-5,7,10,17,19H2,1-2H3/b16-13+/t24-,25-,27+,28+,29+/m0/s1. The van der Waals surface area contributed by atoms with Crippen molar-refractivity contribution in [3.8, 4) is 11.1 Å². The Hall–Kier alpha value is -2.42. The molecule has 32 heavy (non-hydrogen) atoms. The van der Waals surface area contributed by atoms with Crippen molar-refractivity contribution in [3.05, 3.63) is 66.0 Å². The second kappa shape index (κ2) is 10.5. The molecule has 2 nitrogen and oxygen atoms in total. The van der Waals surface area contributed by atoms with Crippen molar-refractivity contribution in [1.29, 1.82) is 0 Å². The summed E-state index contributed by atoms with van der Waals surface area (Å²) in [4.78, 5) is 11.4. The molecule has 0 aromatic heterocycles. The predicted molar refractivity (Wildman–Crippen MR) is 128 cm³/mol. The van der Waals surface area contributed by atoms with Crippen LogP contribution in [-0.2, 0) is 9.53 Å². The number of halogens is 1. The molecular formula is C29H35FO2. The SMILES string of the molecule is CC[C@@H]1[C@H](COC(C)=O)C[C@@H]2CCCC[C@H]2[C@@H]1/C=C/c1ccc(-c2cccc(F)c2)cc1. The molecular weight excluding hydrogens is 399 g/mol. The van der Waals surface area contributed by atoms with Crippen LogP contribution in [0.5, 0.6) is 0 Å². The maximum Gasteiger partial charge on any atom is 0.302 e. The van der Waals surface area contributed by atoms with Crippen molar-refractivity contribution >= 4 is 12.0 Å². The maximum absolute atomic E-state index is 13.6. The average molecular weight is 435 g/mol. The third-order valence-corrected chi connectivity index (χ3v) is 7.72. The summed E-state index contributed by atoms with van der Waals surface area (Å²) in [5.41, 5.74) is 3.10. The van der Waals surface area contributed by atoms with Crippen LogP contribution in [-0.4, -0.2) is 12.6 Å². The van der Waals surface area contributed by atoms with Crippen molar-refractivity contribution in [2.24, 2.45) is 29.6 Å². The summed E-state index contributed by atoms with van der Waals surface area (Å²) in [5.74, 6) is 2.64. The molecule has 0 aliphatic heterocycles. The fraction of sp³-hybridized carbons (Fsp3) is 0.483. The second-order valence-electron chi connectivity index (χ2n) is 9.65. The molecule has 2 aromatic rings. The Labute approximate surface area is 191 Å². The van der Waals surface area contributed by atoms with E-state index in [1.54, 1.807) is 12.1 Å². The number of carbonyl (C=O) groups excluding carboxylic acids is 1. The quantitative estimate of drug-likeness (QED) is 0.439. The minimum absolute atomic E-state index is 0.170. The van der Waals surface area contributed by atoms with Crippen LogP contribution in [0.25, 0.3) is 17.2 Å². The number of benzene rings is 2. The van der Waals surface area contributed by atoms with Crippen LogP contribution in [0, 0.1) is 35.4 Å². The van der Waals surface area contributed by atoms with Gasteiger partial charge in [0.1, 0.15) is 5.82 Å². The van der Waals surface area contributed by atoms with Gasteiger partial charge in [0, 0.05) is 6.92 Å². The third kappa shape index (κ3) is 5.31. The van der Waals surface area contributed by atoms with Crippen LogP contribution in [0.3, 0.4) is 0 Å². The zero-order valence-corrected chi connectivity index (χ0v) is 19.3. The number of hydrogen-bond donors (Lipinski definition) is 0. The van der Waals surface area contributed by atoms with Crippen molar-refractivity contribution in [1.82, 2.24) is 0 Å². The monoisotopic (exact) mass is 434 g/mol. The first-order valence-corrected chi connectivity index (χ1v) is 12.2. The highest BCUT2D eigenvalue weighted by molar-refractivity contribution is 5.66. The summed E-state index contributed by atoms with van der Waals surface area (Å²) in [7, 11) is 0. The van der Waals surface area contributed by atoms with Crippen LogP contribution < -0.4 is 0 Å². The van der Waals surface area contributed by atoms with Gasteiger partial charge in [-0.25, -0.2) is 4.39 Å². The number of carbonyl (C=O) groups is 1. The van der Waals surface area contributed by atoms with E-state index >= 15 is 0 Å². The molecule has 0 radical (unpaired) electrons. The Kier molecular flexibility index (Phi) is 7.44. The molecule has 2 aliphatic rings. The van der Waals surface area contributed by atoms with Gasteiger partial charge in [0.05, 0.1) is 6.61 Å². The first kappa shape index (κ1) is 22.8. The summed E-state index contributed by atoms with van der Waals surface area (Å²) < 4.78 is 19.0. The first-order chi connectivity index (χ1) is 15.5. The van der Waals surface area contributed by atoms with Crippen molar-refractivity contribution in [2.75, 3.05) is 6.61 Å². The molecule has 2 saturated carbocycles. The Balaban J connectivity index is 1.53. The van der Waals surface area contributed by atoms with Gasteiger partial charge in [0.25, 0.3) is 0 Å². The Bertz CT molecular complexity index is 932. The average Bonchev–Trinajstić information content (AvgIpc) is 2.81. The van der Waals surface area contributed by atoms with E-state index in [0.717, 1.165) is 29.4 Å². The molecule has 2 aliphatic carbocycles. The highest BCUT2D eigenvalue weighted by Crippen LogP contribution is 2.50. The van der Waals surface area contributed by atoms with Gasteiger partial charge in [0.15, 0.2) is 0 Å². The molecule has 5 atom stereocenters. The highest BCUT2D eigenvalue weighted by atomic mass is 19.1. The zero-order valence-electron chi connectivity index (χ0n) is 19.3. The summed E-state index contributed by atoms with van der Waals surface area (Å²) in [6.07, 6.45) is 12.3. The number of rotatable bonds is 6. The first-order valence-electron chi connectivity index (χ1n) is 12.2. The topological polar surface area (TPSA) is 26.3 Å². The lowest BCUT2D eigenvalue weighted by molar-refractivity contribution is -0.144. The van der Waals surface area contributed by atoms with Crippen LogP contribution in [0.2, 0.25) is 0 Å². The number of hydrogen-bond acceptors (Lipinski definition) is 2. The van der Waals surface area contributed by atoms with Gasteiger partial charge < -0.3 is 4.74 Å². The second-order valence-corrected chi connectivity index (χ2v) is 9.65. The van der Waals surface area contributed by atoms with Crippen molar-refractivity contribution in [2.45, 2.75) is 52.4 Å². The third-order valence-electron chi connectivity index (χ3n) is 7.72. The molecule has 0 heterocycles. The van der Waals surface area contributed by atoms with E-state index in [1.807, 2.05) is 6.07 Å². The van der Waals surface area contributed by atoms with Gasteiger partial charge in [-0.15, -0.1) is 0 Å². The Morgan fingerprint density at radius 1 is 1.09 bits per heavy atom. The summed E-state index contributed by atoms with van der Waals surface area (Å²) in [6, 6.07) is 15.1. The smallest absolute Gasteiger partial charge is 0.302 e. The number of esters is 1. The minimum atomic E-state index is -0.209. The normalized spacial score (nSPS) is 27.8. The summed E-state index contributed by atoms with van der Waals surface area (Å²) in [5, 5.41) is 0. The predicted octanol–water partition coefficient (Wildman–Crippen LogP) is 7.54. The summed E-state index contributed by atoms with van der Waals surface area (Å²) >= 11 is 0. The van der Waals surface area contributed by atoms with Crippen molar-refractivity contribution < 1.29 is 13.9 Å². The fourth-order valence-corrected chi connectivity index (χ4v) is 6.22. The maximum atomic E-state index is 13.6. The number of ether oxygens (including phenoxy) is 1. The number of allylic oxidation sites excluding steroid dienone is 1. The molecule has 170 valence electrons. The lowest BCUT2D eigenvalue weighted by Crippen LogP contribution is -2.42. The van der Waals surface area contributed by atoms with Gasteiger partial charge in [-0.1, -0.05) is 81.2 Å². The van der Waals surface area contributed by atoms with Crippen LogP contribution >= 0.6 is 0 Å². The van der Waals surface area contributed by atoms with Gasteiger partial charge in [0.2, 0.25) is 0 Å². The number of fused-ring (bicyclic) bond motifs is 1. The molecule has 0 N–H and O–H groups in total. The molecule has 2 fully saturated rings. The lowest BCUT2D eigenvalue weighted by Gasteiger charge is -2.48. The van der Waals surface area contributed by atoms with Crippen LogP contribution in [0.1, 0.15) is 57.9 Å². The zero-order chi connectivity index (χ0) is 22.5. The highest BCUT2D eigenvalue weighted by Gasteiger charge is 2.43. The van der Waals surface area contributed by atoms with E-state index < -0.39 is 0 Å². The largest absolute Gasteiger partial charge is 0.466 e. The Morgan fingerprint density at radius 3 is 2.59 bits per heavy atom. The molecule has 3 heteroatoms. The van der Waals surface area contributed by atoms with Gasteiger partial charge in [-0.3, -0.25) is 4.79 Å². The van der Waals surface area contributed by atoms with E-state index in [1.165, 1.54) is 50.7 Å². The van der Waals surface area contributed by atoms with E-state index in [0.29, 0.717) is 24.4 Å². The molecule has 0 amide bonds. The lowest BCUT2D eigenvalue weighted by atomic mass is 9.57. The fourth-order valence-electron chi connectivity index (χ4n) is 6.22. The molecule has 4 rings (SSSR count). The van der Waals surface area contributed by atoms with Gasteiger partial charge >= 0.3 is 5.97 Å². The summed E-state index contributed by atoms with van der Waals surface area (Å²) in [6.45, 7) is 4.35. The molecule has 0 saturated heterocycles. The van der Waals surface area contributed by atoms with E-state index in [4.69, 9.17) is 4.74 Å². The molecule has 2 aromatic carbocycles.